The smallest absolute Gasteiger partial charge is 1.00 e. The molecule has 0 aromatic rings. The van der Waals surface area contributed by atoms with Crippen molar-refractivity contribution >= 4 is 11.9 Å². The number of rotatable bonds is 5. The third kappa shape index (κ3) is 40.2. The molecule has 0 bridgehead atoms. The maximum absolute atomic E-state index is 9.43. The van der Waals surface area contributed by atoms with Crippen LogP contribution in [0.15, 0.2) is 0 Å². The van der Waals surface area contributed by atoms with Gasteiger partial charge in [-0.05, 0) is 0 Å². The third-order valence-corrected chi connectivity index (χ3v) is 1.16. The van der Waals surface area contributed by atoms with Crippen molar-refractivity contribution < 1.29 is 69.6 Å². The fraction of sp³-hybridized carbons (Fsp3) is 0.667. The molecule has 15 heavy (non-hydrogen) atoms. The van der Waals surface area contributed by atoms with Gasteiger partial charge in [0.05, 0.1) is 0 Å². The molecule has 0 aliphatic rings. The summed E-state index contributed by atoms with van der Waals surface area (Å²) in [5.74, 6) is -2.62. The molecule has 0 radical (unpaired) electrons. The molecule has 0 fully saturated rings. The summed E-state index contributed by atoms with van der Waals surface area (Å²) >= 11 is 0. The monoisotopic (exact) mass is 220 g/mol. The first-order chi connectivity index (χ1) is 6.04. The van der Waals surface area contributed by atoms with Crippen molar-refractivity contribution in [2.24, 2.45) is 0 Å². The van der Waals surface area contributed by atoms with Gasteiger partial charge in [-0.1, -0.05) is 26.2 Å². The molecule has 0 aromatic heterocycles. The fourth-order valence-electron chi connectivity index (χ4n) is 0.556. The SMILES string of the molecule is O=C(O)CC(=O)O.[CH2-]CCCCC.[H-].[Li+].[Na+]. The molecule has 0 atom stereocenters. The molecule has 0 amide bonds. The fourth-order valence-corrected chi connectivity index (χ4v) is 0.556. The Morgan fingerprint density at radius 2 is 1.60 bits per heavy atom. The molecule has 80 valence electrons. The van der Waals surface area contributed by atoms with Gasteiger partial charge in [0.1, 0.15) is 6.42 Å². The largest absolute Gasteiger partial charge is 1.00 e. The Hall–Kier alpha value is 0.537. The van der Waals surface area contributed by atoms with E-state index in [9.17, 15) is 9.59 Å². The topological polar surface area (TPSA) is 74.6 Å². The van der Waals surface area contributed by atoms with Crippen LogP contribution in [-0.2, 0) is 9.59 Å². The maximum atomic E-state index is 9.43. The van der Waals surface area contributed by atoms with Crippen molar-refractivity contribution in [3.8, 4) is 0 Å². The molecule has 0 saturated heterocycles. The van der Waals surface area contributed by atoms with E-state index in [0.717, 1.165) is 6.42 Å². The zero-order valence-electron chi connectivity index (χ0n) is 11.0. The molecule has 0 aromatic carbocycles. The Labute approximate surface area is 127 Å². The maximum Gasteiger partial charge on any atom is 1.00 e. The molecule has 0 unspecified atom stereocenters. The minimum Gasteiger partial charge on any atom is -1.00 e. The van der Waals surface area contributed by atoms with E-state index in [2.05, 4.69) is 13.8 Å². The number of aliphatic carboxylic acids is 2. The number of hydrogen-bond donors (Lipinski definition) is 2. The van der Waals surface area contributed by atoms with Crippen molar-refractivity contribution in [3.05, 3.63) is 6.92 Å². The summed E-state index contributed by atoms with van der Waals surface area (Å²) in [6.07, 6.45) is 4.27. The van der Waals surface area contributed by atoms with E-state index in [-0.39, 0.29) is 49.8 Å². The van der Waals surface area contributed by atoms with Crippen LogP contribution in [0.1, 0.15) is 40.5 Å². The van der Waals surface area contributed by atoms with E-state index in [0.29, 0.717) is 0 Å². The summed E-state index contributed by atoms with van der Waals surface area (Å²) < 4.78 is 0. The van der Waals surface area contributed by atoms with Crippen LogP contribution in [-0.4, -0.2) is 22.2 Å². The van der Waals surface area contributed by atoms with Gasteiger partial charge in [-0.2, -0.15) is 6.42 Å². The van der Waals surface area contributed by atoms with Crippen LogP contribution in [0.4, 0.5) is 0 Å². The van der Waals surface area contributed by atoms with Gasteiger partial charge < -0.3 is 18.6 Å². The molecule has 6 heteroatoms. The Morgan fingerprint density at radius 1 is 1.20 bits per heavy atom. The minimum atomic E-state index is -1.31. The second kappa shape index (κ2) is 20.0. The predicted molar refractivity (Wildman–Crippen MR) is 50.5 cm³/mol. The van der Waals surface area contributed by atoms with Crippen LogP contribution in [0.5, 0.6) is 0 Å². The van der Waals surface area contributed by atoms with E-state index in [4.69, 9.17) is 10.2 Å². The van der Waals surface area contributed by atoms with Gasteiger partial charge in [-0.15, -0.1) is 0 Å². The first kappa shape index (κ1) is 24.7. The summed E-state index contributed by atoms with van der Waals surface area (Å²) in [5.41, 5.74) is 0. The van der Waals surface area contributed by atoms with Gasteiger partial charge in [-0.3, -0.25) is 9.59 Å². The van der Waals surface area contributed by atoms with Gasteiger partial charge in [0.2, 0.25) is 0 Å². The molecule has 0 saturated carbocycles. The van der Waals surface area contributed by atoms with Crippen LogP contribution < -0.4 is 48.4 Å². The summed E-state index contributed by atoms with van der Waals surface area (Å²) in [4.78, 5) is 18.9. The zero-order chi connectivity index (χ0) is 10.7. The summed E-state index contributed by atoms with van der Waals surface area (Å²) in [5, 5.41) is 15.4. The molecular weight excluding hydrogens is 202 g/mol. The molecule has 0 aliphatic heterocycles. The van der Waals surface area contributed by atoms with Crippen LogP contribution >= 0.6 is 0 Å². The molecular formula is C9H18LiNaO4. The molecule has 0 aliphatic carbocycles. The van der Waals surface area contributed by atoms with Crippen LogP contribution in [0.2, 0.25) is 0 Å². The van der Waals surface area contributed by atoms with Crippen molar-refractivity contribution in [1.82, 2.24) is 0 Å². The summed E-state index contributed by atoms with van der Waals surface area (Å²) in [6, 6.07) is 0. The molecule has 0 heterocycles. The third-order valence-electron chi connectivity index (χ3n) is 1.16. The van der Waals surface area contributed by atoms with Crippen molar-refractivity contribution in [3.63, 3.8) is 0 Å². The predicted octanol–water partition coefficient (Wildman–Crippen LogP) is -3.93. The Kier molecular flexibility index (Phi) is 32.9. The average Bonchev–Trinajstić information content (AvgIpc) is 1.99. The van der Waals surface area contributed by atoms with Gasteiger partial charge in [0, 0.05) is 0 Å². The Morgan fingerprint density at radius 3 is 1.67 bits per heavy atom. The standard InChI is InChI=1S/C6H13.C3H4O4.Li.Na.H/c1-3-5-6-4-2;4-2(5)1-3(6)7;;;/h1,3-6H2,2H3;1H2,(H,4,5)(H,6,7);;;/q-1;;2*+1;-1. The average molecular weight is 220 g/mol. The van der Waals surface area contributed by atoms with E-state index in [1.807, 2.05) is 0 Å². The number of carboxylic acids is 2. The van der Waals surface area contributed by atoms with E-state index in [1.54, 1.807) is 0 Å². The second-order valence-corrected chi connectivity index (χ2v) is 2.52. The Bertz CT molecular complexity index is 142. The number of carboxylic acid groups (broad SMARTS) is 2. The number of hydrogen-bond acceptors (Lipinski definition) is 2. The zero-order valence-corrected chi connectivity index (χ0v) is 12.0. The number of carbonyl (C=O) groups is 2. The normalized spacial score (nSPS) is 7.33. The first-order valence-corrected chi connectivity index (χ1v) is 4.27. The first-order valence-electron chi connectivity index (χ1n) is 4.27. The van der Waals surface area contributed by atoms with Crippen molar-refractivity contribution in [1.29, 1.82) is 0 Å². The van der Waals surface area contributed by atoms with Crippen LogP contribution in [0, 0.1) is 6.92 Å². The van der Waals surface area contributed by atoms with Crippen LogP contribution in [0.25, 0.3) is 0 Å². The van der Waals surface area contributed by atoms with Gasteiger partial charge in [0.25, 0.3) is 0 Å². The quantitative estimate of drug-likeness (QED) is 0.215. The van der Waals surface area contributed by atoms with Gasteiger partial charge >= 0.3 is 60.4 Å². The minimum absolute atomic E-state index is 0. The van der Waals surface area contributed by atoms with Crippen molar-refractivity contribution in [2.75, 3.05) is 0 Å². The summed E-state index contributed by atoms with van der Waals surface area (Å²) in [6.45, 7) is 5.93. The van der Waals surface area contributed by atoms with E-state index >= 15 is 0 Å². The second-order valence-electron chi connectivity index (χ2n) is 2.52. The van der Waals surface area contributed by atoms with E-state index in [1.165, 1.54) is 19.3 Å². The van der Waals surface area contributed by atoms with Gasteiger partial charge in [0.15, 0.2) is 0 Å². The Balaban J connectivity index is -0.0000000428. The van der Waals surface area contributed by atoms with Crippen molar-refractivity contribution in [2.45, 2.75) is 39.0 Å². The number of unbranched alkanes of at least 4 members (excludes halogenated alkanes) is 3. The molecule has 4 nitrogen and oxygen atoms in total. The molecule has 0 spiro atoms. The van der Waals surface area contributed by atoms with Gasteiger partial charge in [-0.25, -0.2) is 0 Å². The molecule has 0 rings (SSSR count). The summed E-state index contributed by atoms with van der Waals surface area (Å²) in [7, 11) is 0. The van der Waals surface area contributed by atoms with E-state index < -0.39 is 18.4 Å². The molecule has 2 N–H and O–H groups in total. The van der Waals surface area contributed by atoms with Crippen LogP contribution in [0.3, 0.4) is 0 Å².